The first-order valence-corrected chi connectivity index (χ1v) is 7.28. The van der Waals surface area contributed by atoms with Gasteiger partial charge in [0.1, 0.15) is 5.75 Å². The van der Waals surface area contributed by atoms with Crippen LogP contribution in [0.3, 0.4) is 0 Å². The standard InChI is InChI=1S/C14H18BrNO3/c1-2-18-14(17)9-19-13-6-3-11(15)7-10(13)8-16-12-4-5-12/h3,6-7,12,16H,2,4-5,8-9H2,1H3. The Kier molecular flexibility index (Phi) is 5.22. The predicted molar refractivity (Wildman–Crippen MR) is 76.1 cm³/mol. The SMILES string of the molecule is CCOC(=O)COc1ccc(Br)cc1CNC1CC1. The van der Waals surface area contributed by atoms with Gasteiger partial charge >= 0.3 is 5.97 Å². The van der Waals surface area contributed by atoms with Gasteiger partial charge in [0.25, 0.3) is 0 Å². The van der Waals surface area contributed by atoms with E-state index in [1.165, 1.54) is 12.8 Å². The zero-order valence-electron chi connectivity index (χ0n) is 10.9. The minimum atomic E-state index is -0.341. The maximum absolute atomic E-state index is 11.3. The van der Waals surface area contributed by atoms with Crippen molar-refractivity contribution in [3.63, 3.8) is 0 Å². The topological polar surface area (TPSA) is 47.6 Å². The van der Waals surface area contributed by atoms with Crippen molar-refractivity contribution in [2.24, 2.45) is 0 Å². The number of hydrogen-bond donors (Lipinski definition) is 1. The molecule has 0 bridgehead atoms. The lowest BCUT2D eigenvalue weighted by Gasteiger charge is -2.12. The number of carbonyl (C=O) groups is 1. The van der Waals surface area contributed by atoms with Gasteiger partial charge in [0.15, 0.2) is 6.61 Å². The molecule has 0 amide bonds. The summed E-state index contributed by atoms with van der Waals surface area (Å²) in [6.07, 6.45) is 2.49. The average Bonchev–Trinajstić information content (AvgIpc) is 3.19. The van der Waals surface area contributed by atoms with Crippen molar-refractivity contribution >= 4 is 21.9 Å². The van der Waals surface area contributed by atoms with Gasteiger partial charge in [-0.3, -0.25) is 0 Å². The highest BCUT2D eigenvalue weighted by molar-refractivity contribution is 9.10. The van der Waals surface area contributed by atoms with Crippen LogP contribution < -0.4 is 10.1 Å². The monoisotopic (exact) mass is 327 g/mol. The van der Waals surface area contributed by atoms with Crippen molar-refractivity contribution in [1.82, 2.24) is 5.32 Å². The van der Waals surface area contributed by atoms with Crippen molar-refractivity contribution in [1.29, 1.82) is 0 Å². The van der Waals surface area contributed by atoms with E-state index in [1.54, 1.807) is 6.92 Å². The molecule has 1 saturated carbocycles. The molecule has 0 atom stereocenters. The Labute approximate surface area is 121 Å². The highest BCUT2D eigenvalue weighted by Gasteiger charge is 2.20. The van der Waals surface area contributed by atoms with Gasteiger partial charge in [-0.25, -0.2) is 4.79 Å². The summed E-state index contributed by atoms with van der Waals surface area (Å²) in [6.45, 7) is 2.86. The maximum atomic E-state index is 11.3. The van der Waals surface area contributed by atoms with Gasteiger partial charge < -0.3 is 14.8 Å². The summed E-state index contributed by atoms with van der Waals surface area (Å²) < 4.78 is 11.4. The van der Waals surface area contributed by atoms with Crippen molar-refractivity contribution in [3.8, 4) is 5.75 Å². The van der Waals surface area contributed by atoms with E-state index in [0.29, 0.717) is 12.6 Å². The molecule has 4 nitrogen and oxygen atoms in total. The Morgan fingerprint density at radius 3 is 2.95 bits per heavy atom. The molecule has 0 unspecified atom stereocenters. The average molecular weight is 328 g/mol. The van der Waals surface area contributed by atoms with Crippen LogP contribution in [0.5, 0.6) is 5.75 Å². The second-order valence-electron chi connectivity index (χ2n) is 4.50. The van der Waals surface area contributed by atoms with Gasteiger partial charge in [-0.15, -0.1) is 0 Å². The maximum Gasteiger partial charge on any atom is 0.344 e. The molecule has 1 aromatic rings. The van der Waals surface area contributed by atoms with E-state index in [-0.39, 0.29) is 12.6 Å². The third-order valence-electron chi connectivity index (χ3n) is 2.83. The first-order chi connectivity index (χ1) is 9.19. The molecule has 0 saturated heterocycles. The Morgan fingerprint density at radius 2 is 2.26 bits per heavy atom. The van der Waals surface area contributed by atoms with Crippen LogP contribution in [0.4, 0.5) is 0 Å². The number of ether oxygens (including phenoxy) is 2. The van der Waals surface area contributed by atoms with Crippen molar-refractivity contribution in [2.75, 3.05) is 13.2 Å². The molecule has 5 heteroatoms. The number of esters is 1. The molecule has 19 heavy (non-hydrogen) atoms. The summed E-state index contributed by atoms with van der Waals surface area (Å²) in [6, 6.07) is 6.42. The molecule has 1 aliphatic rings. The summed E-state index contributed by atoms with van der Waals surface area (Å²) >= 11 is 3.45. The van der Waals surface area contributed by atoms with Crippen molar-refractivity contribution in [3.05, 3.63) is 28.2 Å². The summed E-state index contributed by atoms with van der Waals surface area (Å²) in [4.78, 5) is 11.3. The lowest BCUT2D eigenvalue weighted by Crippen LogP contribution is -2.18. The van der Waals surface area contributed by atoms with Crippen LogP contribution >= 0.6 is 15.9 Å². The van der Waals surface area contributed by atoms with Crippen LogP contribution in [0.1, 0.15) is 25.3 Å². The quantitative estimate of drug-likeness (QED) is 0.782. The first kappa shape index (κ1) is 14.3. The lowest BCUT2D eigenvalue weighted by atomic mass is 10.2. The molecule has 0 aromatic heterocycles. The second-order valence-corrected chi connectivity index (χ2v) is 5.42. The van der Waals surface area contributed by atoms with Gasteiger partial charge in [-0.1, -0.05) is 15.9 Å². The zero-order valence-corrected chi connectivity index (χ0v) is 12.5. The fraction of sp³-hybridized carbons (Fsp3) is 0.500. The van der Waals surface area contributed by atoms with E-state index in [0.717, 1.165) is 22.3 Å². The summed E-state index contributed by atoms with van der Waals surface area (Å²) in [5.41, 5.74) is 1.05. The molecule has 0 aliphatic heterocycles. The van der Waals surface area contributed by atoms with Gasteiger partial charge in [0, 0.05) is 22.6 Å². The van der Waals surface area contributed by atoms with Crippen LogP contribution in [-0.4, -0.2) is 25.2 Å². The molecular formula is C14H18BrNO3. The van der Waals surface area contributed by atoms with E-state index in [9.17, 15) is 4.79 Å². The van der Waals surface area contributed by atoms with Gasteiger partial charge in [0.2, 0.25) is 0 Å². The second kappa shape index (κ2) is 6.91. The molecule has 0 heterocycles. The fourth-order valence-electron chi connectivity index (χ4n) is 1.71. The first-order valence-electron chi connectivity index (χ1n) is 6.49. The Bertz CT molecular complexity index is 446. The van der Waals surface area contributed by atoms with Crippen molar-refractivity contribution < 1.29 is 14.3 Å². The van der Waals surface area contributed by atoms with Crippen LogP contribution in [-0.2, 0) is 16.1 Å². The van der Waals surface area contributed by atoms with Crippen LogP contribution in [0.2, 0.25) is 0 Å². The van der Waals surface area contributed by atoms with E-state index in [1.807, 2.05) is 18.2 Å². The van der Waals surface area contributed by atoms with Gasteiger partial charge in [-0.05, 0) is 38.0 Å². The van der Waals surface area contributed by atoms with Crippen LogP contribution in [0.25, 0.3) is 0 Å². The minimum Gasteiger partial charge on any atom is -0.482 e. The van der Waals surface area contributed by atoms with Crippen molar-refractivity contribution in [2.45, 2.75) is 32.4 Å². The van der Waals surface area contributed by atoms with E-state index in [2.05, 4.69) is 21.2 Å². The number of hydrogen-bond acceptors (Lipinski definition) is 4. The largest absolute Gasteiger partial charge is 0.482 e. The highest BCUT2D eigenvalue weighted by atomic mass is 79.9. The van der Waals surface area contributed by atoms with Crippen LogP contribution in [0.15, 0.2) is 22.7 Å². The molecule has 1 N–H and O–H groups in total. The Balaban J connectivity index is 1.94. The molecular weight excluding hydrogens is 310 g/mol. The summed E-state index contributed by atoms with van der Waals surface area (Å²) in [7, 11) is 0. The number of carbonyl (C=O) groups excluding carboxylic acids is 1. The number of halogens is 1. The molecule has 104 valence electrons. The number of nitrogens with one attached hydrogen (secondary N) is 1. The lowest BCUT2D eigenvalue weighted by molar-refractivity contribution is -0.145. The van der Waals surface area contributed by atoms with E-state index < -0.39 is 0 Å². The highest BCUT2D eigenvalue weighted by Crippen LogP contribution is 2.25. The van der Waals surface area contributed by atoms with Gasteiger partial charge in [0.05, 0.1) is 6.61 Å². The van der Waals surface area contributed by atoms with Crippen LogP contribution in [0, 0.1) is 0 Å². The third-order valence-corrected chi connectivity index (χ3v) is 3.33. The Morgan fingerprint density at radius 1 is 1.47 bits per heavy atom. The Hall–Kier alpha value is -1.07. The van der Waals surface area contributed by atoms with Gasteiger partial charge in [-0.2, -0.15) is 0 Å². The normalized spacial score (nSPS) is 14.2. The summed E-state index contributed by atoms with van der Waals surface area (Å²) in [5, 5.41) is 3.44. The van der Waals surface area contributed by atoms with E-state index >= 15 is 0 Å². The molecule has 1 aromatic carbocycles. The third kappa shape index (κ3) is 4.84. The zero-order chi connectivity index (χ0) is 13.7. The smallest absolute Gasteiger partial charge is 0.344 e. The molecule has 1 aliphatic carbocycles. The van der Waals surface area contributed by atoms with E-state index in [4.69, 9.17) is 9.47 Å². The minimum absolute atomic E-state index is 0.0497. The number of benzene rings is 1. The predicted octanol–water partition coefficient (Wildman–Crippen LogP) is 2.64. The summed E-state index contributed by atoms with van der Waals surface area (Å²) in [5.74, 6) is 0.385. The molecule has 0 radical (unpaired) electrons. The molecule has 1 fully saturated rings. The molecule has 0 spiro atoms. The molecule has 2 rings (SSSR count). The fourth-order valence-corrected chi connectivity index (χ4v) is 2.12. The number of rotatable bonds is 7.